The zero-order valence-electron chi connectivity index (χ0n) is 17.8. The van der Waals surface area contributed by atoms with Crippen molar-refractivity contribution >= 4 is 41.6 Å². The second-order valence-corrected chi connectivity index (χ2v) is 7.19. The Balaban J connectivity index is 0.00000171. The number of benzene rings is 2. The Labute approximate surface area is 194 Å². The molecule has 0 radical (unpaired) electrons. The first-order valence-electron chi connectivity index (χ1n) is 9.76. The molecule has 0 aliphatic carbocycles. The molecule has 1 fully saturated rings. The number of halogens is 2. The van der Waals surface area contributed by atoms with Crippen LogP contribution in [0.25, 0.3) is 22.2 Å². The van der Waals surface area contributed by atoms with Gasteiger partial charge < -0.3 is 19.7 Å². The Bertz CT molecular complexity index is 1060. The van der Waals surface area contributed by atoms with E-state index >= 15 is 0 Å². The number of hydrogen-bond donors (Lipinski definition) is 1. The molecule has 1 aliphatic heterocycles. The molecule has 8 heteroatoms. The third-order valence-corrected chi connectivity index (χ3v) is 5.39. The minimum Gasteiger partial charge on any atom is -0.493 e. The highest BCUT2D eigenvalue weighted by atomic mass is 35.5. The number of ether oxygens (including phenoxy) is 2. The summed E-state index contributed by atoms with van der Waals surface area (Å²) in [5.74, 6) is 1.32. The van der Waals surface area contributed by atoms with Crippen molar-refractivity contribution in [1.29, 1.82) is 0 Å². The van der Waals surface area contributed by atoms with Crippen LogP contribution < -0.4 is 14.8 Å². The van der Waals surface area contributed by atoms with Gasteiger partial charge in [-0.2, -0.15) is 0 Å². The van der Waals surface area contributed by atoms with Gasteiger partial charge in [-0.1, -0.05) is 18.2 Å². The molecule has 0 bridgehead atoms. The summed E-state index contributed by atoms with van der Waals surface area (Å²) in [7, 11) is 3.22. The maximum atomic E-state index is 13.5. The first-order valence-corrected chi connectivity index (χ1v) is 9.76. The summed E-state index contributed by atoms with van der Waals surface area (Å²) >= 11 is 0. The monoisotopic (exact) mass is 463 g/mol. The second-order valence-electron chi connectivity index (χ2n) is 7.19. The summed E-state index contributed by atoms with van der Waals surface area (Å²) in [4.78, 5) is 20.2. The van der Waals surface area contributed by atoms with Crippen molar-refractivity contribution in [2.75, 3.05) is 33.9 Å². The lowest BCUT2D eigenvalue weighted by atomic mass is 10.0. The van der Waals surface area contributed by atoms with Crippen LogP contribution in [0.15, 0.2) is 48.5 Å². The van der Waals surface area contributed by atoms with Crippen LogP contribution in [0, 0.1) is 0 Å². The molecule has 166 valence electrons. The Morgan fingerprint density at radius 2 is 1.81 bits per heavy atom. The predicted molar refractivity (Wildman–Crippen MR) is 128 cm³/mol. The van der Waals surface area contributed by atoms with Crippen LogP contribution in [0.1, 0.15) is 17.3 Å². The minimum absolute atomic E-state index is 0. The Hall–Kier alpha value is -2.54. The number of carbonyl (C=O) groups is 1. The molecule has 6 nitrogen and oxygen atoms in total. The smallest absolute Gasteiger partial charge is 0.254 e. The van der Waals surface area contributed by atoms with Gasteiger partial charge in [0, 0.05) is 36.6 Å². The maximum absolute atomic E-state index is 13.5. The van der Waals surface area contributed by atoms with Crippen LogP contribution in [0.5, 0.6) is 11.5 Å². The molecule has 2 heterocycles. The molecule has 1 aromatic heterocycles. The van der Waals surface area contributed by atoms with Crippen molar-refractivity contribution in [1.82, 2.24) is 15.2 Å². The number of rotatable bonds is 4. The Morgan fingerprint density at radius 1 is 1.06 bits per heavy atom. The van der Waals surface area contributed by atoms with Crippen molar-refractivity contribution in [2.45, 2.75) is 13.0 Å². The number of methoxy groups -OCH3 is 2. The number of aromatic nitrogens is 1. The lowest BCUT2D eigenvalue weighted by Crippen LogP contribution is -2.52. The first kappa shape index (κ1) is 24.7. The number of nitrogens with zero attached hydrogens (tertiary/aromatic N) is 2. The fraction of sp³-hybridized carbons (Fsp3) is 0.304. The summed E-state index contributed by atoms with van der Waals surface area (Å²) in [5.41, 5.74) is 3.08. The second kappa shape index (κ2) is 10.7. The SMILES string of the molecule is COc1ccc(-c2cc(C(=O)N3CCNCC3C)c3ccccc3n2)cc1OC.Cl.Cl. The highest BCUT2D eigenvalue weighted by Crippen LogP contribution is 2.33. The zero-order valence-corrected chi connectivity index (χ0v) is 19.4. The molecule has 3 aromatic rings. The summed E-state index contributed by atoms with van der Waals surface area (Å²) in [5, 5.41) is 4.20. The van der Waals surface area contributed by atoms with Crippen LogP contribution in [0.3, 0.4) is 0 Å². The predicted octanol–water partition coefficient (Wildman–Crippen LogP) is 4.20. The van der Waals surface area contributed by atoms with E-state index < -0.39 is 0 Å². The van der Waals surface area contributed by atoms with Gasteiger partial charge in [-0.05, 0) is 37.3 Å². The van der Waals surface area contributed by atoms with E-state index in [4.69, 9.17) is 14.5 Å². The van der Waals surface area contributed by atoms with Crippen molar-refractivity contribution in [2.24, 2.45) is 0 Å². The number of fused-ring (bicyclic) bond motifs is 1. The van der Waals surface area contributed by atoms with E-state index in [1.807, 2.05) is 53.4 Å². The van der Waals surface area contributed by atoms with Crippen LogP contribution in [0.2, 0.25) is 0 Å². The van der Waals surface area contributed by atoms with Gasteiger partial charge >= 0.3 is 0 Å². The minimum atomic E-state index is 0. The van der Waals surface area contributed by atoms with Crippen molar-refractivity contribution in [3.8, 4) is 22.8 Å². The molecule has 31 heavy (non-hydrogen) atoms. The van der Waals surface area contributed by atoms with Crippen molar-refractivity contribution < 1.29 is 14.3 Å². The molecule has 1 aliphatic rings. The van der Waals surface area contributed by atoms with Gasteiger partial charge in [0.25, 0.3) is 5.91 Å². The average Bonchev–Trinajstić information content (AvgIpc) is 2.77. The Kier molecular flexibility index (Phi) is 8.51. The summed E-state index contributed by atoms with van der Waals surface area (Å²) in [6.45, 7) is 4.38. The van der Waals surface area contributed by atoms with E-state index in [0.29, 0.717) is 23.6 Å². The van der Waals surface area contributed by atoms with Crippen LogP contribution in [-0.4, -0.2) is 55.7 Å². The average molecular weight is 464 g/mol. The van der Waals surface area contributed by atoms with E-state index in [-0.39, 0.29) is 36.8 Å². The summed E-state index contributed by atoms with van der Waals surface area (Å²) in [6, 6.07) is 15.5. The van der Waals surface area contributed by atoms with E-state index in [9.17, 15) is 4.79 Å². The lowest BCUT2D eigenvalue weighted by molar-refractivity contribution is 0.0658. The van der Waals surface area contributed by atoms with Gasteiger partial charge in [0.2, 0.25) is 0 Å². The fourth-order valence-electron chi connectivity index (χ4n) is 3.79. The standard InChI is InChI=1S/C23H25N3O3.2ClH/c1-15-14-24-10-11-26(15)23(27)18-13-20(25-19-7-5-4-6-17(18)19)16-8-9-21(28-2)22(12-16)29-3;;/h4-9,12-13,15,24H,10-11,14H2,1-3H3;2*1H. The van der Waals surface area contributed by atoms with Crippen molar-refractivity contribution in [3.63, 3.8) is 0 Å². The lowest BCUT2D eigenvalue weighted by Gasteiger charge is -2.34. The molecule has 0 spiro atoms. The van der Waals surface area contributed by atoms with Crippen LogP contribution in [0.4, 0.5) is 0 Å². The topological polar surface area (TPSA) is 63.7 Å². The van der Waals surface area contributed by atoms with Gasteiger partial charge in [0.1, 0.15) is 0 Å². The highest BCUT2D eigenvalue weighted by Gasteiger charge is 2.26. The number of piperazine rings is 1. The van der Waals surface area contributed by atoms with Crippen LogP contribution in [-0.2, 0) is 0 Å². The quantitative estimate of drug-likeness (QED) is 0.627. The van der Waals surface area contributed by atoms with Gasteiger partial charge in [-0.25, -0.2) is 4.98 Å². The normalized spacial score (nSPS) is 15.6. The largest absolute Gasteiger partial charge is 0.493 e. The Morgan fingerprint density at radius 3 is 2.52 bits per heavy atom. The van der Waals surface area contributed by atoms with E-state index in [1.54, 1.807) is 14.2 Å². The fourth-order valence-corrected chi connectivity index (χ4v) is 3.79. The van der Waals surface area contributed by atoms with Gasteiger partial charge in [-0.15, -0.1) is 24.8 Å². The molecule has 1 saturated heterocycles. The molecule has 1 amide bonds. The molecular weight excluding hydrogens is 437 g/mol. The third kappa shape index (κ3) is 4.87. The molecule has 1 unspecified atom stereocenters. The molecule has 4 rings (SSSR count). The van der Waals surface area contributed by atoms with E-state index in [2.05, 4.69) is 12.2 Å². The maximum Gasteiger partial charge on any atom is 0.254 e. The molecule has 1 atom stereocenters. The number of pyridine rings is 1. The number of nitrogens with one attached hydrogen (secondary N) is 1. The van der Waals surface area contributed by atoms with Gasteiger partial charge in [-0.3, -0.25) is 4.79 Å². The number of para-hydroxylation sites is 1. The highest BCUT2D eigenvalue weighted by molar-refractivity contribution is 6.07. The zero-order chi connectivity index (χ0) is 20.4. The number of carbonyl (C=O) groups excluding carboxylic acids is 1. The molecule has 1 N–H and O–H groups in total. The third-order valence-electron chi connectivity index (χ3n) is 5.39. The van der Waals surface area contributed by atoms with Crippen LogP contribution >= 0.6 is 24.8 Å². The van der Waals surface area contributed by atoms with E-state index in [1.165, 1.54) is 0 Å². The molecule has 0 saturated carbocycles. The summed E-state index contributed by atoms with van der Waals surface area (Å²) < 4.78 is 10.8. The first-order chi connectivity index (χ1) is 14.1. The number of hydrogen-bond acceptors (Lipinski definition) is 5. The van der Waals surface area contributed by atoms with Crippen molar-refractivity contribution in [3.05, 3.63) is 54.1 Å². The van der Waals surface area contributed by atoms with E-state index in [0.717, 1.165) is 35.2 Å². The summed E-state index contributed by atoms with van der Waals surface area (Å²) in [6.07, 6.45) is 0. The van der Waals surface area contributed by atoms with Gasteiger partial charge in [0.05, 0.1) is 31.0 Å². The number of amides is 1. The van der Waals surface area contributed by atoms with Gasteiger partial charge in [0.15, 0.2) is 11.5 Å². The molecular formula is C23H27Cl2N3O3. The molecule has 2 aromatic carbocycles.